The van der Waals surface area contributed by atoms with Gasteiger partial charge in [0.05, 0.1) is 0 Å². The molecule has 2 bridgehead atoms. The highest BCUT2D eigenvalue weighted by atomic mass is 14.6. The number of hydrogen-bond acceptors (Lipinski definition) is 0. The van der Waals surface area contributed by atoms with Crippen LogP contribution >= 0.6 is 0 Å². The van der Waals surface area contributed by atoms with Crippen LogP contribution < -0.4 is 0 Å². The average molecular weight is 338 g/mol. The molecule has 0 spiro atoms. The predicted molar refractivity (Wildman–Crippen MR) is 107 cm³/mol. The second-order valence-electron chi connectivity index (χ2n) is 8.78. The molecule has 4 aliphatic rings. The van der Waals surface area contributed by atoms with Crippen molar-refractivity contribution in [1.82, 2.24) is 0 Å². The van der Waals surface area contributed by atoms with Gasteiger partial charge in [0.1, 0.15) is 0 Å². The summed E-state index contributed by atoms with van der Waals surface area (Å²) in [4.78, 5) is 0. The molecule has 6 atom stereocenters. The van der Waals surface area contributed by atoms with Gasteiger partial charge < -0.3 is 0 Å². The Morgan fingerprint density at radius 3 is 1.50 bits per heavy atom. The Labute approximate surface area is 156 Å². The van der Waals surface area contributed by atoms with Gasteiger partial charge >= 0.3 is 0 Å². The summed E-state index contributed by atoms with van der Waals surface area (Å²) in [6.45, 7) is 0. The molecule has 1 saturated carbocycles. The molecule has 0 radical (unpaired) electrons. The first-order chi connectivity index (χ1) is 12.9. The summed E-state index contributed by atoms with van der Waals surface area (Å²) in [6, 6.07) is 22.9. The SMILES string of the molecule is C1=C[C@H]2C[C@@H]1[C@H]1[C@@H]2[C@H](c2ccccc2)C2=C(CCC2)[C@@H]1c1ccccc1. The monoisotopic (exact) mass is 338 g/mol. The molecule has 0 heterocycles. The molecule has 6 rings (SSSR count). The van der Waals surface area contributed by atoms with Gasteiger partial charge in [0.25, 0.3) is 0 Å². The molecule has 0 heteroatoms. The maximum atomic E-state index is 2.56. The zero-order valence-electron chi connectivity index (χ0n) is 15.2. The predicted octanol–water partition coefficient (Wildman–Crippen LogP) is 6.49. The van der Waals surface area contributed by atoms with Crippen molar-refractivity contribution in [1.29, 1.82) is 0 Å². The van der Waals surface area contributed by atoms with E-state index >= 15 is 0 Å². The average Bonchev–Trinajstić information content (AvgIpc) is 3.43. The first-order valence-corrected chi connectivity index (χ1v) is 10.4. The highest BCUT2D eigenvalue weighted by Gasteiger charge is 2.56. The molecular formula is C26H26. The Morgan fingerprint density at radius 1 is 0.577 bits per heavy atom. The van der Waals surface area contributed by atoms with Crippen LogP contribution in [0.15, 0.2) is 84.0 Å². The minimum Gasteiger partial charge on any atom is -0.0848 e. The van der Waals surface area contributed by atoms with E-state index in [1.54, 1.807) is 11.1 Å². The topological polar surface area (TPSA) is 0 Å². The van der Waals surface area contributed by atoms with Gasteiger partial charge in [-0.1, -0.05) is 84.0 Å². The van der Waals surface area contributed by atoms with Crippen LogP contribution in [0.2, 0.25) is 0 Å². The highest BCUT2D eigenvalue weighted by Crippen LogP contribution is 2.66. The molecule has 130 valence electrons. The van der Waals surface area contributed by atoms with Crippen LogP contribution in [-0.4, -0.2) is 0 Å². The first-order valence-electron chi connectivity index (χ1n) is 10.4. The minimum atomic E-state index is 0.665. The third kappa shape index (κ3) is 2.02. The fourth-order valence-electron chi connectivity index (χ4n) is 6.97. The molecule has 0 nitrogen and oxygen atoms in total. The van der Waals surface area contributed by atoms with E-state index in [9.17, 15) is 0 Å². The lowest BCUT2D eigenvalue weighted by Crippen LogP contribution is -2.36. The summed E-state index contributed by atoms with van der Waals surface area (Å²) in [7, 11) is 0. The Hall–Kier alpha value is -2.08. The molecule has 2 aromatic rings. The van der Waals surface area contributed by atoms with Crippen LogP contribution in [0.4, 0.5) is 0 Å². The molecule has 0 aliphatic heterocycles. The maximum absolute atomic E-state index is 2.56. The van der Waals surface area contributed by atoms with E-state index in [-0.39, 0.29) is 0 Å². The summed E-state index contributed by atoms with van der Waals surface area (Å²) in [6.07, 6.45) is 10.5. The van der Waals surface area contributed by atoms with Gasteiger partial charge in [0.2, 0.25) is 0 Å². The smallest absolute Gasteiger partial charge is 0.00881 e. The second kappa shape index (κ2) is 5.71. The third-order valence-electron chi connectivity index (χ3n) is 7.73. The van der Waals surface area contributed by atoms with E-state index in [0.717, 1.165) is 23.7 Å². The molecular weight excluding hydrogens is 312 g/mol. The molecule has 1 fully saturated rings. The second-order valence-corrected chi connectivity index (χ2v) is 8.78. The summed E-state index contributed by atoms with van der Waals surface area (Å²) >= 11 is 0. The molecule has 0 saturated heterocycles. The van der Waals surface area contributed by atoms with Crippen molar-refractivity contribution in [2.24, 2.45) is 23.7 Å². The Bertz CT molecular complexity index is 801. The van der Waals surface area contributed by atoms with Crippen LogP contribution in [0.3, 0.4) is 0 Å². The maximum Gasteiger partial charge on any atom is 0.00881 e. The summed E-state index contributed by atoms with van der Waals surface area (Å²) in [5.74, 6) is 4.51. The van der Waals surface area contributed by atoms with Crippen molar-refractivity contribution in [3.05, 3.63) is 95.1 Å². The van der Waals surface area contributed by atoms with E-state index in [2.05, 4.69) is 72.8 Å². The van der Waals surface area contributed by atoms with Gasteiger partial charge in [-0.3, -0.25) is 0 Å². The zero-order valence-corrected chi connectivity index (χ0v) is 15.2. The van der Waals surface area contributed by atoms with E-state index in [1.807, 2.05) is 11.1 Å². The Kier molecular flexibility index (Phi) is 3.30. The van der Waals surface area contributed by atoms with Crippen LogP contribution in [0, 0.1) is 23.7 Å². The van der Waals surface area contributed by atoms with Crippen molar-refractivity contribution in [3.8, 4) is 0 Å². The van der Waals surface area contributed by atoms with E-state index in [4.69, 9.17) is 0 Å². The normalized spacial score (nSPS) is 37.1. The standard InChI is InChI=1S/C26H26/c1-3-8-17(9-4-1)23-21-12-7-13-22(21)24(18-10-5-2-6-11-18)26-20-15-14-19(16-20)25(23)26/h1-6,8-11,14-15,19-20,23-26H,7,12-13,16H2/t19-,20+,23+,24-,25-,26+. The molecule has 4 aliphatic carbocycles. The first kappa shape index (κ1) is 15.0. The van der Waals surface area contributed by atoms with Crippen LogP contribution in [0.25, 0.3) is 0 Å². The summed E-state index contributed by atoms with van der Waals surface area (Å²) in [5.41, 5.74) is 6.77. The van der Waals surface area contributed by atoms with Gasteiger partial charge in [-0.05, 0) is 60.5 Å². The number of benzene rings is 2. The number of hydrogen-bond donors (Lipinski definition) is 0. The van der Waals surface area contributed by atoms with Gasteiger partial charge in [-0.2, -0.15) is 0 Å². The zero-order chi connectivity index (χ0) is 17.1. The van der Waals surface area contributed by atoms with Crippen molar-refractivity contribution >= 4 is 0 Å². The Balaban J connectivity index is 1.56. The fourth-order valence-corrected chi connectivity index (χ4v) is 6.97. The molecule has 0 N–H and O–H groups in total. The van der Waals surface area contributed by atoms with Gasteiger partial charge in [0.15, 0.2) is 0 Å². The lowest BCUT2D eigenvalue weighted by molar-refractivity contribution is 0.230. The van der Waals surface area contributed by atoms with Crippen LogP contribution in [0.1, 0.15) is 48.6 Å². The van der Waals surface area contributed by atoms with Crippen LogP contribution in [-0.2, 0) is 0 Å². The molecule has 26 heavy (non-hydrogen) atoms. The van der Waals surface area contributed by atoms with E-state index < -0.39 is 0 Å². The third-order valence-corrected chi connectivity index (χ3v) is 7.73. The van der Waals surface area contributed by atoms with Gasteiger partial charge in [-0.25, -0.2) is 0 Å². The number of fused-ring (bicyclic) bond motifs is 5. The van der Waals surface area contributed by atoms with E-state index in [1.165, 1.54) is 25.7 Å². The lowest BCUT2D eigenvalue weighted by Gasteiger charge is -2.46. The van der Waals surface area contributed by atoms with Crippen molar-refractivity contribution in [3.63, 3.8) is 0 Å². The molecule has 2 aromatic carbocycles. The van der Waals surface area contributed by atoms with E-state index in [0.29, 0.717) is 11.8 Å². The number of rotatable bonds is 2. The largest absolute Gasteiger partial charge is 0.0848 e. The summed E-state index contributed by atoms with van der Waals surface area (Å²) < 4.78 is 0. The summed E-state index contributed by atoms with van der Waals surface area (Å²) in [5, 5.41) is 0. The fraction of sp³-hybridized carbons (Fsp3) is 0.385. The van der Waals surface area contributed by atoms with Gasteiger partial charge in [0, 0.05) is 11.8 Å². The molecule has 0 unspecified atom stereocenters. The quantitative estimate of drug-likeness (QED) is 0.549. The number of allylic oxidation sites excluding steroid dienone is 4. The minimum absolute atomic E-state index is 0.665. The van der Waals surface area contributed by atoms with Crippen molar-refractivity contribution < 1.29 is 0 Å². The van der Waals surface area contributed by atoms with Gasteiger partial charge in [-0.15, -0.1) is 0 Å². The van der Waals surface area contributed by atoms with Crippen LogP contribution in [0.5, 0.6) is 0 Å². The Morgan fingerprint density at radius 2 is 1.04 bits per heavy atom. The highest BCUT2D eigenvalue weighted by molar-refractivity contribution is 5.47. The lowest BCUT2D eigenvalue weighted by atomic mass is 9.58. The molecule has 0 amide bonds. The van der Waals surface area contributed by atoms with Crippen molar-refractivity contribution in [2.45, 2.75) is 37.5 Å². The molecule has 0 aromatic heterocycles. The van der Waals surface area contributed by atoms with Crippen molar-refractivity contribution in [2.75, 3.05) is 0 Å².